The Balaban J connectivity index is 0.000000265. The van der Waals surface area contributed by atoms with Gasteiger partial charge in [-0.3, -0.25) is 4.98 Å². The average Bonchev–Trinajstić information content (AvgIpc) is 2.32. The van der Waals surface area contributed by atoms with E-state index in [-0.39, 0.29) is 0 Å². The monoisotopic (exact) mass is 254 g/mol. The van der Waals surface area contributed by atoms with Crippen LogP contribution in [0.1, 0.15) is 0 Å². The van der Waals surface area contributed by atoms with Crippen LogP contribution in [0.15, 0.2) is 31.4 Å². The molecule has 1 heterocycles. The van der Waals surface area contributed by atoms with E-state index in [1.54, 1.807) is 0 Å². The van der Waals surface area contributed by atoms with Crippen molar-refractivity contribution in [2.45, 2.75) is 6.54 Å². The minimum atomic E-state index is -10.7. The van der Waals surface area contributed by atoms with Crippen LogP contribution in [0, 0.1) is 0 Å². The average molecular weight is 254 g/mol. The second-order valence-electron chi connectivity index (χ2n) is 2.56. The van der Waals surface area contributed by atoms with E-state index in [0.717, 1.165) is 6.54 Å². The van der Waals surface area contributed by atoms with Gasteiger partial charge in [-0.05, 0) is 0 Å². The molecule has 0 aromatic carbocycles. The molecular formula is C6H9F6N2P. The van der Waals surface area contributed by atoms with E-state index in [1.807, 2.05) is 29.4 Å². The summed E-state index contributed by atoms with van der Waals surface area (Å²) >= 11 is 0. The minimum absolute atomic E-state index is 0.878. The second kappa shape index (κ2) is 3.52. The Morgan fingerprint density at radius 2 is 1.67 bits per heavy atom. The van der Waals surface area contributed by atoms with Gasteiger partial charge in [-0.1, -0.05) is 12.7 Å². The summed E-state index contributed by atoms with van der Waals surface area (Å²) in [5.41, 5.74) is 0. The summed E-state index contributed by atoms with van der Waals surface area (Å²) in [5, 5.41) is 0. The number of imidazole rings is 1. The number of rotatable bonds is 2. The third kappa shape index (κ3) is 19.4. The van der Waals surface area contributed by atoms with Crippen molar-refractivity contribution in [2.75, 3.05) is 0 Å². The molecule has 1 N–H and O–H groups in total. The zero-order chi connectivity index (χ0) is 12.2. The van der Waals surface area contributed by atoms with E-state index in [4.69, 9.17) is 0 Å². The molecule has 0 aliphatic heterocycles. The Kier molecular flexibility index (Phi) is 3.27. The third-order valence-electron chi connectivity index (χ3n) is 0.943. The SMILES string of the molecule is C=CC[n+]1cc[nH]c1.F[P-](F)(F)(F)(F)F. The second-order valence-corrected chi connectivity index (χ2v) is 4.47. The van der Waals surface area contributed by atoms with E-state index < -0.39 is 7.81 Å². The molecule has 0 unspecified atom stereocenters. The van der Waals surface area contributed by atoms with Crippen LogP contribution in [0.3, 0.4) is 0 Å². The Labute approximate surface area is 81.5 Å². The van der Waals surface area contributed by atoms with Gasteiger partial charge >= 0.3 is 33.0 Å². The first-order valence-electron chi connectivity index (χ1n) is 3.57. The fourth-order valence-corrected chi connectivity index (χ4v) is 0.583. The third-order valence-corrected chi connectivity index (χ3v) is 0.943. The Hall–Kier alpha value is -1.04. The Morgan fingerprint density at radius 1 is 1.20 bits per heavy atom. The van der Waals surface area contributed by atoms with Gasteiger partial charge in [0.05, 0.1) is 0 Å². The van der Waals surface area contributed by atoms with Crippen LogP contribution >= 0.6 is 7.81 Å². The van der Waals surface area contributed by atoms with Crippen LogP contribution in [0.2, 0.25) is 0 Å². The van der Waals surface area contributed by atoms with Crippen LogP contribution in [0.4, 0.5) is 25.2 Å². The fraction of sp³-hybridized carbons (Fsp3) is 0.167. The molecule has 0 aliphatic rings. The molecule has 0 saturated heterocycles. The number of nitrogens with zero attached hydrogens (tertiary/aromatic N) is 1. The Morgan fingerprint density at radius 3 is 1.93 bits per heavy atom. The molecule has 0 saturated carbocycles. The molecule has 2 nitrogen and oxygen atoms in total. The standard InChI is InChI=1S/C6H8N2.F6P/c1-2-4-8-5-3-7-6-8;1-7(2,3,4,5)6/h2-3,5-6H,1,4H2;/q;-1/p+1. The van der Waals surface area contributed by atoms with Crippen molar-refractivity contribution in [3.8, 4) is 0 Å². The molecule has 0 radical (unpaired) electrons. The molecular weight excluding hydrogens is 245 g/mol. The molecule has 0 bridgehead atoms. The predicted molar refractivity (Wildman–Crippen MR) is 44.8 cm³/mol. The Bertz CT molecular complexity index is 300. The quantitative estimate of drug-likeness (QED) is 0.358. The first-order chi connectivity index (χ1) is 6.38. The number of nitrogens with one attached hydrogen (secondary N) is 1. The van der Waals surface area contributed by atoms with Crippen molar-refractivity contribution in [1.82, 2.24) is 4.98 Å². The number of halogens is 6. The first kappa shape index (κ1) is 14.0. The summed E-state index contributed by atoms with van der Waals surface area (Å²) in [6.45, 7) is 4.48. The van der Waals surface area contributed by atoms with Gasteiger partial charge in [-0.15, -0.1) is 0 Å². The molecule has 9 heteroatoms. The van der Waals surface area contributed by atoms with Crippen molar-refractivity contribution >= 4 is 7.81 Å². The normalized spacial score (nSPS) is 15.6. The van der Waals surface area contributed by atoms with Gasteiger partial charge in [0.1, 0.15) is 18.9 Å². The zero-order valence-electron chi connectivity index (χ0n) is 7.39. The number of hydrogen-bond donors (Lipinski definition) is 1. The van der Waals surface area contributed by atoms with Gasteiger partial charge in [-0.25, -0.2) is 4.57 Å². The molecule has 0 spiro atoms. The molecule has 15 heavy (non-hydrogen) atoms. The van der Waals surface area contributed by atoms with Gasteiger partial charge < -0.3 is 0 Å². The van der Waals surface area contributed by atoms with Crippen molar-refractivity contribution in [2.24, 2.45) is 0 Å². The summed E-state index contributed by atoms with van der Waals surface area (Å²) in [7, 11) is -10.7. The summed E-state index contributed by atoms with van der Waals surface area (Å²) in [6, 6.07) is 0. The number of H-pyrrole nitrogens is 1. The van der Waals surface area contributed by atoms with Crippen LogP contribution in [-0.4, -0.2) is 4.98 Å². The van der Waals surface area contributed by atoms with Crippen LogP contribution in [0.25, 0.3) is 0 Å². The van der Waals surface area contributed by atoms with Crippen molar-refractivity contribution in [3.63, 3.8) is 0 Å². The van der Waals surface area contributed by atoms with Gasteiger partial charge in [0.15, 0.2) is 0 Å². The molecule has 0 atom stereocenters. The summed E-state index contributed by atoms with van der Waals surface area (Å²) < 4.78 is 61.2. The number of aromatic nitrogens is 2. The summed E-state index contributed by atoms with van der Waals surface area (Å²) in [6.07, 6.45) is 7.58. The van der Waals surface area contributed by atoms with E-state index in [9.17, 15) is 25.2 Å². The zero-order valence-corrected chi connectivity index (χ0v) is 8.28. The number of hydrogen-bond acceptors (Lipinski definition) is 0. The van der Waals surface area contributed by atoms with Crippen molar-refractivity contribution < 1.29 is 29.7 Å². The molecule has 90 valence electrons. The maximum absolute atomic E-state index is 10.7. The predicted octanol–water partition coefficient (Wildman–Crippen LogP) is 3.87. The van der Waals surface area contributed by atoms with E-state index >= 15 is 0 Å². The van der Waals surface area contributed by atoms with Crippen molar-refractivity contribution in [1.29, 1.82) is 0 Å². The first-order valence-corrected chi connectivity index (χ1v) is 5.60. The summed E-state index contributed by atoms with van der Waals surface area (Å²) in [5.74, 6) is 0. The van der Waals surface area contributed by atoms with Crippen LogP contribution in [-0.2, 0) is 6.54 Å². The van der Waals surface area contributed by atoms with Gasteiger partial charge in [0.25, 0.3) is 0 Å². The van der Waals surface area contributed by atoms with Gasteiger partial charge in [0, 0.05) is 0 Å². The van der Waals surface area contributed by atoms with E-state index in [0.29, 0.717) is 0 Å². The molecule has 1 aromatic heterocycles. The molecule has 1 rings (SSSR count). The molecule has 0 amide bonds. The molecule has 1 aromatic rings. The van der Waals surface area contributed by atoms with Crippen molar-refractivity contribution in [3.05, 3.63) is 31.4 Å². The fourth-order valence-electron chi connectivity index (χ4n) is 0.583. The number of aromatic amines is 1. The van der Waals surface area contributed by atoms with E-state index in [2.05, 4.69) is 11.6 Å². The molecule has 0 aliphatic carbocycles. The summed E-state index contributed by atoms with van der Waals surface area (Å²) in [4.78, 5) is 2.93. The van der Waals surface area contributed by atoms with Crippen LogP contribution < -0.4 is 4.57 Å². The van der Waals surface area contributed by atoms with Crippen LogP contribution in [0.5, 0.6) is 0 Å². The molecule has 0 fully saturated rings. The van der Waals surface area contributed by atoms with Gasteiger partial charge in [0.2, 0.25) is 6.33 Å². The maximum atomic E-state index is 9.87. The number of allylic oxidation sites excluding steroid dienone is 1. The van der Waals surface area contributed by atoms with Gasteiger partial charge in [-0.2, -0.15) is 0 Å². The topological polar surface area (TPSA) is 19.7 Å². The van der Waals surface area contributed by atoms with E-state index in [1.165, 1.54) is 0 Å².